The van der Waals surface area contributed by atoms with Gasteiger partial charge >= 0.3 is 0 Å². The van der Waals surface area contributed by atoms with Crippen LogP contribution in [0.15, 0.2) is 16.6 Å². The minimum atomic E-state index is 0.0748. The van der Waals surface area contributed by atoms with E-state index in [9.17, 15) is 0 Å². The molecule has 2 aromatic rings. The maximum atomic E-state index is 4.90. The Morgan fingerprint density at radius 1 is 1.35 bits per heavy atom. The number of hydrogen-bond donors (Lipinski definition) is 2. The molecular formula is C16H22BrN3. The summed E-state index contributed by atoms with van der Waals surface area (Å²) in [5, 5.41) is 3.52. The van der Waals surface area contributed by atoms with Crippen LogP contribution in [0, 0.1) is 12.8 Å². The third-order valence-corrected chi connectivity index (χ3v) is 5.13. The summed E-state index contributed by atoms with van der Waals surface area (Å²) >= 11 is 3.56. The van der Waals surface area contributed by atoms with Gasteiger partial charge < -0.3 is 10.3 Å². The van der Waals surface area contributed by atoms with Crippen LogP contribution in [0.5, 0.6) is 0 Å². The number of imidazole rings is 1. The van der Waals surface area contributed by atoms with Gasteiger partial charge in [0.15, 0.2) is 0 Å². The molecule has 1 saturated heterocycles. The first-order chi connectivity index (χ1) is 9.48. The number of nitrogens with zero attached hydrogens (tertiary/aromatic N) is 1. The third kappa shape index (κ3) is 2.40. The maximum Gasteiger partial charge on any atom is 0.113 e. The molecule has 1 aromatic carbocycles. The Morgan fingerprint density at radius 2 is 2.15 bits per heavy atom. The minimum Gasteiger partial charge on any atom is -0.341 e. The SMILES string of the molecule is Cc1cc(Br)cc2[nH]c(C(C)(C)C3CCCNC3)nc12. The Hall–Kier alpha value is -0.870. The molecule has 0 spiro atoms. The van der Waals surface area contributed by atoms with Crippen LogP contribution >= 0.6 is 15.9 Å². The molecule has 2 N–H and O–H groups in total. The van der Waals surface area contributed by atoms with Gasteiger partial charge in [0.1, 0.15) is 5.82 Å². The van der Waals surface area contributed by atoms with E-state index in [1.165, 1.54) is 18.4 Å². The number of rotatable bonds is 2. The Labute approximate surface area is 128 Å². The molecule has 0 bridgehead atoms. The average molecular weight is 336 g/mol. The first kappa shape index (κ1) is 14.1. The van der Waals surface area contributed by atoms with E-state index >= 15 is 0 Å². The van der Waals surface area contributed by atoms with Crippen molar-refractivity contribution in [3.8, 4) is 0 Å². The van der Waals surface area contributed by atoms with Crippen LogP contribution in [0.2, 0.25) is 0 Å². The number of aryl methyl sites for hydroxylation is 1. The molecule has 3 rings (SSSR count). The minimum absolute atomic E-state index is 0.0748. The lowest BCUT2D eigenvalue weighted by molar-refractivity contribution is 0.243. The highest BCUT2D eigenvalue weighted by Crippen LogP contribution is 2.35. The summed E-state index contributed by atoms with van der Waals surface area (Å²) in [6.45, 7) is 8.98. The predicted molar refractivity (Wildman–Crippen MR) is 87.2 cm³/mol. The van der Waals surface area contributed by atoms with Crippen LogP contribution in [0.4, 0.5) is 0 Å². The standard InChI is InChI=1S/C16H22BrN3/c1-10-7-12(17)8-13-14(10)20-15(19-13)16(2,3)11-5-4-6-18-9-11/h7-8,11,18H,4-6,9H2,1-3H3,(H,19,20). The summed E-state index contributed by atoms with van der Waals surface area (Å²) in [5.74, 6) is 1.75. The summed E-state index contributed by atoms with van der Waals surface area (Å²) < 4.78 is 1.11. The quantitative estimate of drug-likeness (QED) is 0.873. The van der Waals surface area contributed by atoms with Crippen molar-refractivity contribution >= 4 is 27.0 Å². The largest absolute Gasteiger partial charge is 0.341 e. The highest BCUT2D eigenvalue weighted by atomic mass is 79.9. The molecule has 0 radical (unpaired) electrons. The molecule has 1 aliphatic rings. The van der Waals surface area contributed by atoms with E-state index in [-0.39, 0.29) is 5.41 Å². The molecule has 3 nitrogen and oxygen atoms in total. The number of fused-ring (bicyclic) bond motifs is 1. The van der Waals surface area contributed by atoms with Crippen LogP contribution in [-0.4, -0.2) is 23.1 Å². The Bertz CT molecular complexity index is 624. The first-order valence-electron chi connectivity index (χ1n) is 7.35. The van der Waals surface area contributed by atoms with Crippen molar-refractivity contribution in [3.05, 3.63) is 28.0 Å². The lowest BCUT2D eigenvalue weighted by Crippen LogP contribution is -2.41. The lowest BCUT2D eigenvalue weighted by Gasteiger charge is -2.35. The molecule has 1 fully saturated rings. The number of nitrogens with one attached hydrogen (secondary N) is 2. The van der Waals surface area contributed by atoms with E-state index in [1.807, 2.05) is 0 Å². The van der Waals surface area contributed by atoms with E-state index in [0.29, 0.717) is 5.92 Å². The van der Waals surface area contributed by atoms with Crippen LogP contribution < -0.4 is 5.32 Å². The summed E-state index contributed by atoms with van der Waals surface area (Å²) in [7, 11) is 0. The zero-order valence-electron chi connectivity index (χ0n) is 12.4. The number of hydrogen-bond acceptors (Lipinski definition) is 2. The van der Waals surface area contributed by atoms with E-state index in [1.54, 1.807) is 0 Å². The number of aromatic nitrogens is 2. The fourth-order valence-corrected chi connectivity index (χ4v) is 3.79. The maximum absolute atomic E-state index is 4.90. The van der Waals surface area contributed by atoms with E-state index in [0.717, 1.165) is 34.4 Å². The van der Waals surface area contributed by atoms with Crippen LogP contribution in [-0.2, 0) is 5.41 Å². The van der Waals surface area contributed by atoms with Gasteiger partial charge in [-0.25, -0.2) is 4.98 Å². The van der Waals surface area contributed by atoms with Gasteiger partial charge in [0.2, 0.25) is 0 Å². The topological polar surface area (TPSA) is 40.7 Å². The molecule has 2 heterocycles. The molecule has 4 heteroatoms. The molecule has 1 aromatic heterocycles. The monoisotopic (exact) mass is 335 g/mol. The molecule has 1 atom stereocenters. The second-order valence-corrected chi connectivity index (χ2v) is 7.38. The molecule has 108 valence electrons. The van der Waals surface area contributed by atoms with Gasteiger partial charge in [-0.15, -0.1) is 0 Å². The fourth-order valence-electron chi connectivity index (χ4n) is 3.21. The van der Waals surface area contributed by atoms with Crippen molar-refractivity contribution in [1.82, 2.24) is 15.3 Å². The Balaban J connectivity index is 2.02. The highest BCUT2D eigenvalue weighted by molar-refractivity contribution is 9.10. The van der Waals surface area contributed by atoms with E-state index < -0.39 is 0 Å². The normalized spacial score (nSPS) is 20.5. The van der Waals surface area contributed by atoms with Gasteiger partial charge in [-0.1, -0.05) is 29.8 Å². The molecule has 1 aliphatic heterocycles. The number of halogens is 1. The number of H-pyrrole nitrogens is 1. The zero-order valence-corrected chi connectivity index (χ0v) is 14.0. The smallest absolute Gasteiger partial charge is 0.113 e. The lowest BCUT2D eigenvalue weighted by atomic mass is 9.74. The number of benzene rings is 1. The van der Waals surface area contributed by atoms with Crippen molar-refractivity contribution in [2.75, 3.05) is 13.1 Å². The fraction of sp³-hybridized carbons (Fsp3) is 0.562. The molecule has 1 unspecified atom stereocenters. The summed E-state index contributed by atoms with van der Waals surface area (Å²) in [6, 6.07) is 4.25. The zero-order chi connectivity index (χ0) is 14.3. The number of aromatic amines is 1. The van der Waals surface area contributed by atoms with Crippen molar-refractivity contribution < 1.29 is 0 Å². The van der Waals surface area contributed by atoms with Crippen LogP contribution in [0.1, 0.15) is 38.1 Å². The molecule has 0 amide bonds. The predicted octanol–water partition coefficient (Wildman–Crippen LogP) is 3.91. The van der Waals surface area contributed by atoms with Crippen LogP contribution in [0.3, 0.4) is 0 Å². The van der Waals surface area contributed by atoms with Crippen molar-refractivity contribution in [2.24, 2.45) is 5.92 Å². The number of piperidine rings is 1. The van der Waals surface area contributed by atoms with Gasteiger partial charge in [-0.3, -0.25) is 0 Å². The Kier molecular flexibility index (Phi) is 3.63. The van der Waals surface area contributed by atoms with E-state index in [4.69, 9.17) is 4.98 Å². The molecule has 20 heavy (non-hydrogen) atoms. The molecule has 0 saturated carbocycles. The highest BCUT2D eigenvalue weighted by Gasteiger charge is 2.34. The van der Waals surface area contributed by atoms with Gasteiger partial charge in [0, 0.05) is 9.89 Å². The first-order valence-corrected chi connectivity index (χ1v) is 8.15. The third-order valence-electron chi connectivity index (χ3n) is 4.67. The van der Waals surface area contributed by atoms with Crippen molar-refractivity contribution in [2.45, 2.75) is 39.0 Å². The molecule has 0 aliphatic carbocycles. The van der Waals surface area contributed by atoms with Crippen molar-refractivity contribution in [3.63, 3.8) is 0 Å². The molecular weight excluding hydrogens is 314 g/mol. The second kappa shape index (κ2) is 5.15. The summed E-state index contributed by atoms with van der Waals surface area (Å²) in [5.41, 5.74) is 3.52. The Morgan fingerprint density at radius 3 is 2.85 bits per heavy atom. The van der Waals surface area contributed by atoms with Gasteiger partial charge in [-0.2, -0.15) is 0 Å². The van der Waals surface area contributed by atoms with Gasteiger partial charge in [0.05, 0.1) is 11.0 Å². The van der Waals surface area contributed by atoms with Gasteiger partial charge in [0.25, 0.3) is 0 Å². The second-order valence-electron chi connectivity index (χ2n) is 6.47. The van der Waals surface area contributed by atoms with Crippen molar-refractivity contribution in [1.29, 1.82) is 0 Å². The van der Waals surface area contributed by atoms with Gasteiger partial charge in [-0.05, 0) is 56.5 Å². The van der Waals surface area contributed by atoms with E-state index in [2.05, 4.69) is 59.1 Å². The summed E-state index contributed by atoms with van der Waals surface area (Å²) in [6.07, 6.45) is 2.54. The summed E-state index contributed by atoms with van der Waals surface area (Å²) in [4.78, 5) is 8.44. The average Bonchev–Trinajstić information content (AvgIpc) is 2.84. The van der Waals surface area contributed by atoms with Crippen LogP contribution in [0.25, 0.3) is 11.0 Å².